The molecule has 1 saturated heterocycles. The van der Waals surface area contributed by atoms with Crippen molar-refractivity contribution in [2.75, 3.05) is 68.2 Å². The minimum absolute atomic E-state index is 0. The molecule has 8 aromatic heterocycles. The monoisotopic (exact) mass is 1460 g/mol. The molecule has 8 N–H and O–H groups in total. The van der Waals surface area contributed by atoms with Crippen molar-refractivity contribution in [1.29, 1.82) is 0 Å². The molecule has 0 saturated carbocycles. The number of aromatic amines is 1. The van der Waals surface area contributed by atoms with Gasteiger partial charge in [-0.25, -0.2) is 9.59 Å². The largest absolute Gasteiger partial charge is 0.476 e. The highest BCUT2D eigenvalue weighted by Gasteiger charge is 2.22. The summed E-state index contributed by atoms with van der Waals surface area (Å²) in [6.07, 6.45) is 2.75. The van der Waals surface area contributed by atoms with Gasteiger partial charge in [-0.1, -0.05) is 89.4 Å². The Balaban J connectivity index is 0.000000169. The van der Waals surface area contributed by atoms with Crippen LogP contribution >= 0.6 is 127 Å². The number of nitrogens with zero attached hydrogens (tertiary/aromatic N) is 6. The molecule has 1 aliphatic rings. The molecule has 0 spiro atoms. The number of anilines is 4. The van der Waals surface area contributed by atoms with Crippen LogP contribution in [0.2, 0.25) is 15.1 Å². The number of hydrogen-bond donors (Lipinski definition) is 7. The number of aromatic nitrogens is 5. The molecule has 9 heterocycles. The lowest BCUT2D eigenvalue weighted by Gasteiger charge is -2.26. The molecule has 1 fully saturated rings. The van der Waals surface area contributed by atoms with Crippen LogP contribution in [0.5, 0.6) is 0 Å². The van der Waals surface area contributed by atoms with Gasteiger partial charge in [0.15, 0.2) is 11.4 Å². The van der Waals surface area contributed by atoms with E-state index < -0.39 is 28.0 Å². The number of nitrogens with one attached hydrogen (secondary N) is 5. The first-order valence-corrected chi connectivity index (χ1v) is 32.5. The molecule has 4 amide bonds. The van der Waals surface area contributed by atoms with Crippen molar-refractivity contribution in [3.05, 3.63) is 184 Å². The van der Waals surface area contributed by atoms with Gasteiger partial charge in [-0.3, -0.25) is 39.0 Å². The van der Waals surface area contributed by atoms with Crippen LogP contribution in [0.4, 0.5) is 26.4 Å². The average molecular weight is 1460 g/mol. The summed E-state index contributed by atoms with van der Waals surface area (Å²) in [6.45, 7) is 6.27. The van der Waals surface area contributed by atoms with E-state index in [1.807, 2.05) is 85.8 Å². The van der Waals surface area contributed by atoms with Gasteiger partial charge in [0.1, 0.15) is 41.0 Å². The molecule has 0 atom stereocenters. The number of nitrogens with two attached hydrogens (primary N) is 1. The molecule has 3 aromatic carbocycles. The third-order valence-electron chi connectivity index (χ3n) is 12.4. The molecule has 0 aliphatic carbocycles. The fourth-order valence-electron chi connectivity index (χ4n) is 8.06. The standard InChI is InChI=1S/C17H22N6O5.C13H7ClN2O3S2.C13H9ClN2OS2.C9H4Cl2OS.C5H6N2O2S.ClH/c1-21-11-12(20-16(24)14-9-13(10-19-14)23(26)27)8-15(21)17(25)18-2-3-22-4-6-28-7-5-22;14-10-6-3-1-2-4-8(6)20-11(10)12(17)15-9-5-7(13(18)19)16-21-9;1-7-6-10(19-16-7)15-13(17)12-11(14)8-4-2-3-5-9(8)18-12;10-7-5-3-1-2-4-6(5)13-8(7)9(11)12;1-9-5(8)3-2-4(6)10-7-3;/h8-11,19H,2-7H2,1H3,(H,18,25)(H,20,24);1-5H,(H,15,17)(H,18,19);2-6H,1H3,(H,15,17);1-4H;2H,6H2,1H3;1H. The fraction of sp³-hybridized carbons (Fsp3) is 0.158. The van der Waals surface area contributed by atoms with Crippen molar-refractivity contribution < 1.29 is 53.1 Å². The second-order valence-electron chi connectivity index (χ2n) is 18.6. The van der Waals surface area contributed by atoms with E-state index in [2.05, 4.69) is 49.0 Å². The van der Waals surface area contributed by atoms with Crippen LogP contribution < -0.4 is 27.0 Å². The number of halogens is 5. The third-order valence-corrected chi connectivity index (χ3v) is 19.8. The Morgan fingerprint density at radius 2 is 1.24 bits per heavy atom. The highest BCUT2D eigenvalue weighted by atomic mass is 35.5. The number of esters is 1. The number of nitro groups is 1. The summed E-state index contributed by atoms with van der Waals surface area (Å²) in [5, 5.41) is 35.5. The quantitative estimate of drug-likeness (QED) is 0.0230. The van der Waals surface area contributed by atoms with Gasteiger partial charge in [0.25, 0.3) is 34.6 Å². The van der Waals surface area contributed by atoms with Crippen molar-refractivity contribution in [3.63, 3.8) is 0 Å². The van der Waals surface area contributed by atoms with Gasteiger partial charge in [0.2, 0.25) is 0 Å². The molecule has 24 nitrogen and oxygen atoms in total. The van der Waals surface area contributed by atoms with Crippen molar-refractivity contribution in [2.24, 2.45) is 7.05 Å². The molecular weight excluding hydrogens is 1410 g/mol. The van der Waals surface area contributed by atoms with E-state index in [9.17, 15) is 43.7 Å². The van der Waals surface area contributed by atoms with E-state index in [0.29, 0.717) is 70.8 Å². The maximum atomic E-state index is 12.4. The number of carboxylic acid groups (broad SMARTS) is 1. The highest BCUT2D eigenvalue weighted by Crippen LogP contribution is 2.38. The zero-order valence-electron chi connectivity index (χ0n) is 47.8. The molecule has 1 aliphatic heterocycles. The number of thiophene rings is 3. The number of hydrogen-bond acceptors (Lipinski definition) is 22. The molecule has 92 heavy (non-hydrogen) atoms. The Labute approximate surface area is 572 Å². The molecule has 35 heteroatoms. The lowest BCUT2D eigenvalue weighted by molar-refractivity contribution is -0.384. The first-order chi connectivity index (χ1) is 43.6. The maximum absolute atomic E-state index is 12.4. The van der Waals surface area contributed by atoms with Crippen LogP contribution in [0.1, 0.15) is 76.7 Å². The summed E-state index contributed by atoms with van der Waals surface area (Å²) in [5.41, 5.74) is 7.06. The Kier molecular flexibility index (Phi) is 26.1. The number of carbonyl (C=O) groups excluding carboxylic acids is 6. The SMILES string of the molecule is COC(=O)c1cc(N)sn1.Cc1cc(NC(=O)c2sc3ccccc3c2Cl)sn1.Cl.Cn1cc(NC(=O)c2cc([N+](=O)[O-])c[nH]2)cc1C(=O)NCCN1CCOCC1.O=C(Cl)c1sc2ccccc2c1Cl.O=C(O)c1cc(NC(=O)c2sc3ccccc3c2Cl)sn1. The number of amides is 4. The summed E-state index contributed by atoms with van der Waals surface area (Å²) < 4.78 is 25.8. The molecule has 0 unspecified atom stereocenters. The molecule has 480 valence electrons. The third kappa shape index (κ3) is 18.9. The number of ether oxygens (including phenoxy) is 2. The lowest BCUT2D eigenvalue weighted by Crippen LogP contribution is -2.41. The van der Waals surface area contributed by atoms with E-state index in [1.165, 1.54) is 64.8 Å². The van der Waals surface area contributed by atoms with Gasteiger partial charge < -0.3 is 51.1 Å². The predicted octanol–water partition coefficient (Wildman–Crippen LogP) is 14.0. The smallest absolute Gasteiger partial charge is 0.357 e. The van der Waals surface area contributed by atoms with Crippen molar-refractivity contribution in [3.8, 4) is 0 Å². The van der Waals surface area contributed by atoms with Gasteiger partial charge in [-0.15, -0.1) is 46.4 Å². The van der Waals surface area contributed by atoms with Crippen molar-refractivity contribution >= 4 is 225 Å². The normalized spacial score (nSPS) is 11.6. The molecule has 0 bridgehead atoms. The van der Waals surface area contributed by atoms with Crippen molar-refractivity contribution in [2.45, 2.75) is 6.92 Å². The lowest BCUT2D eigenvalue weighted by atomic mass is 10.2. The topological polar surface area (TPSA) is 338 Å². The summed E-state index contributed by atoms with van der Waals surface area (Å²) in [6, 6.07) is 30.1. The Hall–Kier alpha value is -7.95. The van der Waals surface area contributed by atoms with Gasteiger partial charge >= 0.3 is 11.9 Å². The number of carboxylic acids is 1. The summed E-state index contributed by atoms with van der Waals surface area (Å²) >= 11 is 31.1. The first kappa shape index (κ1) is 71.5. The van der Waals surface area contributed by atoms with Gasteiger partial charge in [0.05, 0.1) is 57.9 Å². The summed E-state index contributed by atoms with van der Waals surface area (Å²) in [5.74, 6) is -2.92. The van der Waals surface area contributed by atoms with Crippen LogP contribution in [-0.4, -0.2) is 125 Å². The number of aryl methyl sites for hydroxylation is 2. The van der Waals surface area contributed by atoms with Gasteiger partial charge in [-0.05, 0) is 83.5 Å². The Morgan fingerprint density at radius 1 is 0.717 bits per heavy atom. The minimum atomic E-state index is -1.13. The number of H-pyrrole nitrogens is 1. The van der Waals surface area contributed by atoms with Crippen molar-refractivity contribution in [1.82, 2.24) is 32.9 Å². The minimum Gasteiger partial charge on any atom is -0.476 e. The van der Waals surface area contributed by atoms with Crippen LogP contribution in [0.15, 0.2) is 116 Å². The molecule has 11 aromatic rings. The van der Waals surface area contributed by atoms with E-state index in [4.69, 9.17) is 62.0 Å². The van der Waals surface area contributed by atoms with Crippen LogP contribution in [-0.2, 0) is 16.5 Å². The molecule has 12 rings (SSSR count). The fourth-order valence-corrected chi connectivity index (χ4v) is 14.3. The maximum Gasteiger partial charge on any atom is 0.357 e. The number of methoxy groups -OCH3 is 1. The second-order valence-corrected chi connectivity index (χ2v) is 25.7. The van der Waals surface area contributed by atoms with E-state index in [0.717, 1.165) is 95.9 Å². The zero-order valence-corrected chi connectivity index (χ0v) is 56.5. The zero-order chi connectivity index (χ0) is 65.5. The van der Waals surface area contributed by atoms with Crippen LogP contribution in [0, 0.1) is 17.0 Å². The van der Waals surface area contributed by atoms with Crippen LogP contribution in [0.25, 0.3) is 30.3 Å². The molecule has 0 radical (unpaired) electrons. The summed E-state index contributed by atoms with van der Waals surface area (Å²) in [4.78, 5) is 97.6. The van der Waals surface area contributed by atoms with Gasteiger partial charge in [0, 0.05) is 87.9 Å². The number of rotatable bonds is 14. The summed E-state index contributed by atoms with van der Waals surface area (Å²) in [7, 11) is 3.00. The molecular formula is C57H49Cl5N12O12S6. The number of fused-ring (bicyclic) bond motifs is 3. The Bertz CT molecular complexity index is 4470. The Morgan fingerprint density at radius 3 is 1.71 bits per heavy atom. The number of benzene rings is 3. The van der Waals surface area contributed by atoms with Gasteiger partial charge in [-0.2, -0.15) is 13.1 Å². The number of aromatic carboxylic acids is 1. The van der Waals surface area contributed by atoms with Crippen LogP contribution in [0.3, 0.4) is 0 Å². The first-order valence-electron chi connectivity index (χ1n) is 26.2. The highest BCUT2D eigenvalue weighted by molar-refractivity contribution is 7.23. The average Bonchev–Trinajstić information content (AvgIpc) is 1.70. The predicted molar refractivity (Wildman–Crippen MR) is 368 cm³/mol. The van der Waals surface area contributed by atoms with E-state index in [1.54, 1.807) is 23.9 Å². The number of carbonyl (C=O) groups is 7. The number of nitrogen functional groups attached to an aromatic ring is 1. The number of morpholine rings is 1. The second kappa shape index (κ2) is 33.6. The van der Waals surface area contributed by atoms with E-state index >= 15 is 0 Å². The van der Waals surface area contributed by atoms with E-state index in [-0.39, 0.29) is 52.9 Å².